The van der Waals surface area contributed by atoms with E-state index in [9.17, 15) is 13.2 Å². The highest BCUT2D eigenvalue weighted by atomic mass is 32.2. The van der Waals surface area contributed by atoms with Crippen LogP contribution in [0.1, 0.15) is 26.6 Å². The van der Waals surface area contributed by atoms with Gasteiger partial charge in [0.15, 0.2) is 0 Å². The van der Waals surface area contributed by atoms with E-state index in [-0.39, 0.29) is 23.4 Å². The maximum atomic E-state index is 12.8. The second-order valence-corrected chi connectivity index (χ2v) is 8.64. The largest absolute Gasteiger partial charge is 0.457 e. The van der Waals surface area contributed by atoms with Crippen LogP contribution in [0.5, 0.6) is 0 Å². The number of hydrogen-bond acceptors (Lipinski definition) is 6. The molecule has 0 spiro atoms. The molecule has 1 aromatic heterocycles. The van der Waals surface area contributed by atoms with Gasteiger partial charge in [0.1, 0.15) is 12.4 Å². The van der Waals surface area contributed by atoms with Gasteiger partial charge in [0.25, 0.3) is 0 Å². The number of aromatic nitrogens is 2. The minimum absolute atomic E-state index is 0.0606. The van der Waals surface area contributed by atoms with Crippen molar-refractivity contribution in [3.63, 3.8) is 0 Å². The maximum Gasteiger partial charge on any atom is 0.308 e. The van der Waals surface area contributed by atoms with Gasteiger partial charge in [0.05, 0.1) is 35.1 Å². The third-order valence-corrected chi connectivity index (χ3v) is 6.43. The van der Waals surface area contributed by atoms with Crippen molar-refractivity contribution >= 4 is 27.0 Å². The third-order valence-electron chi connectivity index (χ3n) is 4.54. The van der Waals surface area contributed by atoms with Gasteiger partial charge < -0.3 is 14.0 Å². The monoisotopic (exact) mass is 395 g/mol. The highest BCUT2D eigenvalue weighted by Crippen LogP contribution is 2.24. The lowest BCUT2D eigenvalue weighted by atomic mass is 10.2. The molecule has 2 aromatic rings. The van der Waals surface area contributed by atoms with Crippen molar-refractivity contribution in [3.8, 4) is 0 Å². The molecule has 2 heterocycles. The zero-order valence-electron chi connectivity index (χ0n) is 15.8. The summed E-state index contributed by atoms with van der Waals surface area (Å²) in [5.74, 6) is 0.0948. The SMILES string of the molecule is CCn1c(COC(=O)C(C)C)nc2cc(S(=O)(=O)N3CCOCC3)ccc21. The van der Waals surface area contributed by atoms with Crippen LogP contribution in [0.2, 0.25) is 0 Å². The number of carbonyl (C=O) groups excluding carboxylic acids is 1. The summed E-state index contributed by atoms with van der Waals surface area (Å²) >= 11 is 0. The van der Waals surface area contributed by atoms with E-state index >= 15 is 0 Å². The second kappa shape index (κ2) is 7.95. The first-order valence-corrected chi connectivity index (χ1v) is 10.5. The van der Waals surface area contributed by atoms with Crippen molar-refractivity contribution in [1.82, 2.24) is 13.9 Å². The Morgan fingerprint density at radius 2 is 2.00 bits per heavy atom. The van der Waals surface area contributed by atoms with Crippen LogP contribution in [0, 0.1) is 5.92 Å². The molecule has 0 N–H and O–H groups in total. The molecule has 0 aliphatic carbocycles. The zero-order valence-corrected chi connectivity index (χ0v) is 16.7. The number of sulfonamides is 1. The Bertz CT molecular complexity index is 930. The van der Waals surface area contributed by atoms with Crippen molar-refractivity contribution < 1.29 is 22.7 Å². The molecule has 3 rings (SSSR count). The molecule has 0 saturated carbocycles. The zero-order chi connectivity index (χ0) is 19.6. The number of hydrogen-bond donors (Lipinski definition) is 0. The maximum absolute atomic E-state index is 12.8. The van der Waals surface area contributed by atoms with Gasteiger partial charge in [-0.3, -0.25) is 4.79 Å². The molecule has 0 atom stereocenters. The highest BCUT2D eigenvalue weighted by molar-refractivity contribution is 7.89. The number of morpholine rings is 1. The van der Waals surface area contributed by atoms with Crippen LogP contribution in [0.15, 0.2) is 23.1 Å². The molecular weight excluding hydrogens is 370 g/mol. The first kappa shape index (κ1) is 19.8. The Hall–Kier alpha value is -1.97. The van der Waals surface area contributed by atoms with Crippen LogP contribution >= 0.6 is 0 Å². The van der Waals surface area contributed by atoms with Gasteiger partial charge >= 0.3 is 5.97 Å². The molecular formula is C18H25N3O5S. The number of rotatable bonds is 6. The normalized spacial score (nSPS) is 16.1. The summed E-state index contributed by atoms with van der Waals surface area (Å²) in [7, 11) is -3.58. The number of esters is 1. The first-order valence-electron chi connectivity index (χ1n) is 9.08. The average Bonchev–Trinajstić information content (AvgIpc) is 3.03. The van der Waals surface area contributed by atoms with Gasteiger partial charge in [0, 0.05) is 19.6 Å². The Morgan fingerprint density at radius 3 is 2.63 bits per heavy atom. The summed E-state index contributed by atoms with van der Waals surface area (Å²) in [5, 5.41) is 0. The fourth-order valence-electron chi connectivity index (χ4n) is 3.02. The topological polar surface area (TPSA) is 90.7 Å². The van der Waals surface area contributed by atoms with E-state index in [1.165, 1.54) is 4.31 Å². The van der Waals surface area contributed by atoms with Crippen LogP contribution in [0.25, 0.3) is 11.0 Å². The van der Waals surface area contributed by atoms with E-state index in [0.717, 1.165) is 5.52 Å². The summed E-state index contributed by atoms with van der Waals surface area (Å²) < 4.78 is 39.6. The average molecular weight is 395 g/mol. The van der Waals surface area contributed by atoms with Crippen LogP contribution in [0.3, 0.4) is 0 Å². The van der Waals surface area contributed by atoms with Gasteiger partial charge in [-0.2, -0.15) is 4.31 Å². The molecule has 1 aliphatic heterocycles. The number of ether oxygens (including phenoxy) is 2. The smallest absolute Gasteiger partial charge is 0.308 e. The molecule has 9 heteroatoms. The van der Waals surface area contributed by atoms with Gasteiger partial charge in [-0.15, -0.1) is 0 Å². The molecule has 148 valence electrons. The van der Waals surface area contributed by atoms with Crippen LogP contribution in [-0.2, 0) is 37.4 Å². The lowest BCUT2D eigenvalue weighted by Crippen LogP contribution is -2.40. The van der Waals surface area contributed by atoms with Crippen molar-refractivity contribution in [2.45, 2.75) is 38.8 Å². The standard InChI is InChI=1S/C18H25N3O5S/c1-4-21-16-6-5-14(27(23,24)20-7-9-25-10-8-20)11-15(16)19-17(21)12-26-18(22)13(2)3/h5-6,11,13H,4,7-10,12H2,1-3H3. The molecule has 0 radical (unpaired) electrons. The number of aryl methyl sites for hydroxylation is 1. The quantitative estimate of drug-likeness (QED) is 0.693. The van der Waals surface area contributed by atoms with Crippen molar-refractivity contribution in [2.75, 3.05) is 26.3 Å². The van der Waals surface area contributed by atoms with E-state index in [1.807, 2.05) is 11.5 Å². The minimum atomic E-state index is -3.58. The van der Waals surface area contributed by atoms with E-state index in [1.54, 1.807) is 32.0 Å². The fraction of sp³-hybridized carbons (Fsp3) is 0.556. The minimum Gasteiger partial charge on any atom is -0.457 e. The molecule has 1 aromatic carbocycles. The Labute approximate surface area is 159 Å². The Balaban J connectivity index is 1.92. The first-order chi connectivity index (χ1) is 12.8. The number of benzene rings is 1. The molecule has 0 bridgehead atoms. The highest BCUT2D eigenvalue weighted by Gasteiger charge is 2.27. The summed E-state index contributed by atoms with van der Waals surface area (Å²) in [6.45, 7) is 7.70. The molecule has 0 amide bonds. The predicted molar refractivity (Wildman–Crippen MR) is 99.6 cm³/mol. The van der Waals surface area contributed by atoms with E-state index in [0.29, 0.717) is 44.2 Å². The van der Waals surface area contributed by atoms with Crippen molar-refractivity contribution in [3.05, 3.63) is 24.0 Å². The molecule has 1 saturated heterocycles. The summed E-state index contributed by atoms with van der Waals surface area (Å²) in [5.41, 5.74) is 1.39. The van der Waals surface area contributed by atoms with Gasteiger partial charge in [0.2, 0.25) is 10.0 Å². The van der Waals surface area contributed by atoms with E-state index in [2.05, 4.69) is 4.98 Å². The van der Waals surface area contributed by atoms with Crippen LogP contribution < -0.4 is 0 Å². The predicted octanol–water partition coefficient (Wildman–Crippen LogP) is 1.78. The fourth-order valence-corrected chi connectivity index (χ4v) is 4.45. The summed E-state index contributed by atoms with van der Waals surface area (Å²) in [4.78, 5) is 16.5. The van der Waals surface area contributed by atoms with E-state index < -0.39 is 10.0 Å². The van der Waals surface area contributed by atoms with Crippen LogP contribution in [0.4, 0.5) is 0 Å². The Kier molecular flexibility index (Phi) is 5.83. The molecule has 1 fully saturated rings. The lowest BCUT2D eigenvalue weighted by molar-refractivity contribution is -0.148. The van der Waals surface area contributed by atoms with Gasteiger partial charge in [-0.25, -0.2) is 13.4 Å². The second-order valence-electron chi connectivity index (χ2n) is 6.70. The van der Waals surface area contributed by atoms with Crippen molar-refractivity contribution in [2.24, 2.45) is 5.92 Å². The van der Waals surface area contributed by atoms with Gasteiger partial charge in [-0.05, 0) is 25.1 Å². The molecule has 1 aliphatic rings. The Morgan fingerprint density at radius 1 is 1.30 bits per heavy atom. The molecule has 27 heavy (non-hydrogen) atoms. The molecule has 0 unspecified atom stereocenters. The number of fused-ring (bicyclic) bond motifs is 1. The summed E-state index contributed by atoms with van der Waals surface area (Å²) in [6.07, 6.45) is 0. The van der Waals surface area contributed by atoms with E-state index in [4.69, 9.17) is 9.47 Å². The van der Waals surface area contributed by atoms with Crippen molar-refractivity contribution in [1.29, 1.82) is 0 Å². The third kappa shape index (κ3) is 3.99. The summed E-state index contributed by atoms with van der Waals surface area (Å²) in [6, 6.07) is 4.94. The van der Waals surface area contributed by atoms with Crippen LogP contribution in [-0.4, -0.2) is 54.5 Å². The lowest BCUT2D eigenvalue weighted by Gasteiger charge is -2.26. The number of carbonyl (C=O) groups is 1. The molecule has 8 nitrogen and oxygen atoms in total. The number of nitrogens with zero attached hydrogens (tertiary/aromatic N) is 3. The number of imidazole rings is 1. The van der Waals surface area contributed by atoms with Gasteiger partial charge in [-0.1, -0.05) is 13.8 Å².